The molecule has 0 atom stereocenters. The maximum Gasteiger partial charge on any atom is 0.0433 e. The number of rotatable bonds is 3. The molecule has 56 heavy (non-hydrogen) atoms. The SMILES string of the molecule is CC1(C)c2cc(-c3cccc(-c4c5ccccc5c(-c5ccc6ccccc6c5)c5ccccc45)c3)ccc2-c2cc3c(cc21)sc1c2ccccc2ccc31. The Labute approximate surface area is 329 Å². The summed E-state index contributed by atoms with van der Waals surface area (Å²) < 4.78 is 2.76. The summed E-state index contributed by atoms with van der Waals surface area (Å²) in [6, 6.07) is 68.2. The Morgan fingerprint density at radius 2 is 0.893 bits per heavy atom. The van der Waals surface area contributed by atoms with Crippen LogP contribution in [0.3, 0.4) is 0 Å². The molecule has 1 aliphatic carbocycles. The molecule has 1 aromatic heterocycles. The predicted octanol–water partition coefficient (Wildman–Crippen LogP) is 16.0. The molecule has 1 heterocycles. The summed E-state index contributed by atoms with van der Waals surface area (Å²) in [5.74, 6) is 0. The molecule has 0 radical (unpaired) electrons. The molecule has 0 nitrogen and oxygen atoms in total. The lowest BCUT2D eigenvalue weighted by Crippen LogP contribution is -2.14. The van der Waals surface area contributed by atoms with E-state index in [1.807, 2.05) is 11.3 Å². The third-order valence-electron chi connectivity index (χ3n) is 12.6. The van der Waals surface area contributed by atoms with Crippen molar-refractivity contribution in [1.29, 1.82) is 0 Å². The molecule has 0 aliphatic heterocycles. The highest BCUT2D eigenvalue weighted by molar-refractivity contribution is 7.26. The maximum atomic E-state index is 2.49. The van der Waals surface area contributed by atoms with E-state index in [4.69, 9.17) is 0 Å². The van der Waals surface area contributed by atoms with Gasteiger partial charge in [-0.3, -0.25) is 0 Å². The van der Waals surface area contributed by atoms with Gasteiger partial charge in [0.1, 0.15) is 0 Å². The molecule has 0 spiro atoms. The first-order chi connectivity index (χ1) is 27.5. The molecule has 0 bridgehead atoms. The standard InChI is InChI=1S/C55H36S/c1-55(2)49-30-37(25-26-41(49)47-31-48-46-27-24-34-13-5-6-17-40(34)54(46)56-51(48)32-50(47)55)36-15-11-16-38(29-36)52-42-18-7-9-20-44(42)53(45-21-10-8-19-43(45)52)39-23-22-33-12-3-4-14-35(33)28-39/h3-32H,1-2H3. The number of benzene rings is 10. The predicted molar refractivity (Wildman–Crippen MR) is 243 cm³/mol. The van der Waals surface area contributed by atoms with Crippen molar-refractivity contribution in [2.75, 3.05) is 0 Å². The van der Waals surface area contributed by atoms with Crippen LogP contribution in [0.2, 0.25) is 0 Å². The lowest BCUT2D eigenvalue weighted by atomic mass is 9.81. The Balaban J connectivity index is 1.00. The lowest BCUT2D eigenvalue weighted by Gasteiger charge is -2.22. The first-order valence-electron chi connectivity index (χ1n) is 19.6. The Morgan fingerprint density at radius 3 is 1.62 bits per heavy atom. The maximum absolute atomic E-state index is 2.49. The second-order valence-electron chi connectivity index (χ2n) is 16.0. The number of hydrogen-bond donors (Lipinski definition) is 0. The van der Waals surface area contributed by atoms with Crippen molar-refractivity contribution in [3.63, 3.8) is 0 Å². The number of thiophene rings is 1. The minimum absolute atomic E-state index is 0.115. The van der Waals surface area contributed by atoms with E-state index in [9.17, 15) is 0 Å². The molecule has 12 rings (SSSR count). The average molecular weight is 729 g/mol. The second kappa shape index (κ2) is 11.7. The summed E-state index contributed by atoms with van der Waals surface area (Å²) >= 11 is 1.94. The lowest BCUT2D eigenvalue weighted by molar-refractivity contribution is 0.661. The highest BCUT2D eigenvalue weighted by atomic mass is 32.1. The number of fused-ring (bicyclic) bond motifs is 11. The van der Waals surface area contributed by atoms with Gasteiger partial charge in [-0.05, 0) is 129 Å². The van der Waals surface area contributed by atoms with Gasteiger partial charge in [-0.25, -0.2) is 0 Å². The normalized spacial score (nSPS) is 13.3. The first kappa shape index (κ1) is 31.8. The van der Waals surface area contributed by atoms with E-state index in [1.165, 1.54) is 119 Å². The number of hydrogen-bond acceptors (Lipinski definition) is 1. The fourth-order valence-electron chi connectivity index (χ4n) is 9.86. The Hall–Kier alpha value is -6.54. The molecular formula is C55H36S. The third kappa shape index (κ3) is 4.53. The Kier molecular flexibility index (Phi) is 6.66. The van der Waals surface area contributed by atoms with Gasteiger partial charge in [0.2, 0.25) is 0 Å². The van der Waals surface area contributed by atoms with Gasteiger partial charge in [-0.1, -0.05) is 166 Å². The van der Waals surface area contributed by atoms with Gasteiger partial charge in [0.25, 0.3) is 0 Å². The minimum atomic E-state index is -0.115. The van der Waals surface area contributed by atoms with Gasteiger partial charge in [0.05, 0.1) is 0 Å². The Bertz CT molecular complexity index is 3390. The quantitative estimate of drug-likeness (QED) is 0.159. The fourth-order valence-corrected chi connectivity index (χ4v) is 11.1. The van der Waals surface area contributed by atoms with Crippen molar-refractivity contribution in [2.24, 2.45) is 0 Å². The molecule has 0 saturated carbocycles. The van der Waals surface area contributed by atoms with Gasteiger partial charge >= 0.3 is 0 Å². The van der Waals surface area contributed by atoms with Gasteiger partial charge in [0, 0.05) is 25.6 Å². The van der Waals surface area contributed by atoms with Crippen LogP contribution >= 0.6 is 11.3 Å². The van der Waals surface area contributed by atoms with Crippen LogP contribution in [0.25, 0.3) is 108 Å². The van der Waals surface area contributed by atoms with Crippen LogP contribution in [0.1, 0.15) is 25.0 Å². The molecule has 0 saturated heterocycles. The summed E-state index contributed by atoms with van der Waals surface area (Å²) in [4.78, 5) is 0. The minimum Gasteiger partial charge on any atom is -0.135 e. The van der Waals surface area contributed by atoms with Crippen LogP contribution in [-0.4, -0.2) is 0 Å². The smallest absolute Gasteiger partial charge is 0.0433 e. The van der Waals surface area contributed by atoms with Gasteiger partial charge in [-0.2, -0.15) is 0 Å². The van der Waals surface area contributed by atoms with Gasteiger partial charge in [-0.15, -0.1) is 11.3 Å². The van der Waals surface area contributed by atoms with E-state index in [2.05, 4.69) is 196 Å². The zero-order chi connectivity index (χ0) is 37.1. The van der Waals surface area contributed by atoms with Gasteiger partial charge < -0.3 is 0 Å². The van der Waals surface area contributed by atoms with Crippen molar-refractivity contribution in [2.45, 2.75) is 19.3 Å². The van der Waals surface area contributed by atoms with Crippen molar-refractivity contribution < 1.29 is 0 Å². The van der Waals surface area contributed by atoms with Gasteiger partial charge in [0.15, 0.2) is 0 Å². The summed E-state index contributed by atoms with van der Waals surface area (Å²) in [6.45, 7) is 4.81. The summed E-state index contributed by atoms with van der Waals surface area (Å²) in [5.41, 5.74) is 13.0. The van der Waals surface area contributed by atoms with E-state index >= 15 is 0 Å². The van der Waals surface area contributed by atoms with Crippen molar-refractivity contribution in [3.05, 3.63) is 193 Å². The van der Waals surface area contributed by atoms with E-state index < -0.39 is 0 Å². The highest BCUT2D eigenvalue weighted by Gasteiger charge is 2.36. The molecule has 11 aromatic rings. The molecule has 1 heteroatoms. The summed E-state index contributed by atoms with van der Waals surface area (Å²) in [6.07, 6.45) is 0. The summed E-state index contributed by atoms with van der Waals surface area (Å²) in [5, 5.41) is 13.0. The average Bonchev–Trinajstić information content (AvgIpc) is 3.72. The van der Waals surface area contributed by atoms with Crippen LogP contribution in [0.15, 0.2) is 182 Å². The fraction of sp³-hybridized carbons (Fsp3) is 0.0545. The molecule has 262 valence electrons. The van der Waals surface area contributed by atoms with Crippen LogP contribution in [0, 0.1) is 0 Å². The van der Waals surface area contributed by atoms with E-state index in [0.29, 0.717) is 0 Å². The van der Waals surface area contributed by atoms with Crippen molar-refractivity contribution >= 4 is 74.6 Å². The topological polar surface area (TPSA) is 0 Å². The monoisotopic (exact) mass is 728 g/mol. The molecule has 0 unspecified atom stereocenters. The molecule has 0 amide bonds. The van der Waals surface area contributed by atoms with Crippen molar-refractivity contribution in [3.8, 4) is 44.5 Å². The van der Waals surface area contributed by atoms with Crippen LogP contribution in [0.4, 0.5) is 0 Å². The first-order valence-corrected chi connectivity index (χ1v) is 20.4. The third-order valence-corrected chi connectivity index (χ3v) is 13.8. The largest absolute Gasteiger partial charge is 0.135 e. The molecule has 0 N–H and O–H groups in total. The zero-order valence-electron chi connectivity index (χ0n) is 31.2. The van der Waals surface area contributed by atoms with E-state index in [0.717, 1.165) is 0 Å². The molecule has 10 aromatic carbocycles. The second-order valence-corrected chi connectivity index (χ2v) is 17.1. The molecular weight excluding hydrogens is 693 g/mol. The Morgan fingerprint density at radius 1 is 0.339 bits per heavy atom. The van der Waals surface area contributed by atoms with Crippen molar-refractivity contribution in [1.82, 2.24) is 0 Å². The van der Waals surface area contributed by atoms with Crippen LogP contribution < -0.4 is 0 Å². The van der Waals surface area contributed by atoms with E-state index in [1.54, 1.807) is 0 Å². The van der Waals surface area contributed by atoms with E-state index in [-0.39, 0.29) is 5.41 Å². The van der Waals surface area contributed by atoms with Crippen LogP contribution in [0.5, 0.6) is 0 Å². The van der Waals surface area contributed by atoms with Crippen LogP contribution in [-0.2, 0) is 5.41 Å². The summed E-state index contributed by atoms with van der Waals surface area (Å²) in [7, 11) is 0. The highest BCUT2D eigenvalue weighted by Crippen LogP contribution is 2.53. The molecule has 1 aliphatic rings. The molecule has 0 fully saturated rings. The zero-order valence-corrected chi connectivity index (χ0v) is 32.0.